The number of nitrogens with zero attached hydrogens (tertiary/aromatic N) is 1. The highest BCUT2D eigenvalue weighted by atomic mass is 16.2. The first-order valence-electron chi connectivity index (χ1n) is 6.22. The highest BCUT2D eigenvalue weighted by Crippen LogP contribution is 2.32. The van der Waals surface area contributed by atoms with Gasteiger partial charge in [0.25, 0.3) is 5.56 Å². The molecule has 1 fully saturated rings. The smallest absolute Gasteiger partial charge is 0.342 e. The fraction of sp³-hybridized carbons (Fsp3) is 0.727. The van der Waals surface area contributed by atoms with Crippen LogP contribution in [0.25, 0.3) is 0 Å². The van der Waals surface area contributed by atoms with Gasteiger partial charge in [0.15, 0.2) is 0 Å². The Kier molecular flexibility index (Phi) is 3.51. The molecule has 1 aliphatic rings. The summed E-state index contributed by atoms with van der Waals surface area (Å²) >= 11 is 0. The van der Waals surface area contributed by atoms with Gasteiger partial charge in [0, 0.05) is 6.54 Å². The summed E-state index contributed by atoms with van der Waals surface area (Å²) in [5.74, 6) is 0.822. The Morgan fingerprint density at radius 3 is 2.67 bits per heavy atom. The van der Waals surface area contributed by atoms with Crippen LogP contribution in [0.4, 0.5) is 5.82 Å². The fourth-order valence-electron chi connectivity index (χ4n) is 2.38. The van der Waals surface area contributed by atoms with Crippen molar-refractivity contribution in [2.24, 2.45) is 11.7 Å². The lowest BCUT2D eigenvalue weighted by atomic mass is 9.77. The maximum Gasteiger partial charge on any atom is 0.342 e. The van der Waals surface area contributed by atoms with E-state index in [0.29, 0.717) is 12.5 Å². The summed E-state index contributed by atoms with van der Waals surface area (Å²) < 4.78 is 0. The maximum absolute atomic E-state index is 11.6. The standard InChI is InChI=1S/C11H19N5O2/c1-7-2-4-11(6-12,5-3-7)14-8-9(17)13-10(18)16-15-8/h7H,2-6,12H2,1H3,(H,14,15)(H2,13,16,17,18). The molecule has 0 aromatic carbocycles. The van der Waals surface area contributed by atoms with Crippen LogP contribution in [0.1, 0.15) is 32.6 Å². The predicted molar refractivity (Wildman–Crippen MR) is 68.5 cm³/mol. The third kappa shape index (κ3) is 2.61. The van der Waals surface area contributed by atoms with E-state index in [-0.39, 0.29) is 11.4 Å². The summed E-state index contributed by atoms with van der Waals surface area (Å²) in [7, 11) is 0. The van der Waals surface area contributed by atoms with Crippen molar-refractivity contribution < 1.29 is 0 Å². The molecule has 0 unspecified atom stereocenters. The Bertz CT molecular complexity index is 513. The summed E-state index contributed by atoms with van der Waals surface area (Å²) in [4.78, 5) is 24.6. The molecule has 100 valence electrons. The van der Waals surface area contributed by atoms with Crippen LogP contribution in [-0.4, -0.2) is 27.3 Å². The molecule has 0 atom stereocenters. The maximum atomic E-state index is 11.6. The molecule has 5 N–H and O–H groups in total. The number of aromatic nitrogens is 3. The highest BCUT2D eigenvalue weighted by Gasteiger charge is 2.33. The van der Waals surface area contributed by atoms with E-state index in [4.69, 9.17) is 5.73 Å². The van der Waals surface area contributed by atoms with Crippen LogP contribution < -0.4 is 22.3 Å². The van der Waals surface area contributed by atoms with Crippen molar-refractivity contribution in [3.05, 3.63) is 20.8 Å². The van der Waals surface area contributed by atoms with Gasteiger partial charge in [-0.3, -0.25) is 9.78 Å². The molecular weight excluding hydrogens is 234 g/mol. The number of aromatic amines is 2. The number of H-pyrrole nitrogens is 2. The minimum absolute atomic E-state index is 0.134. The van der Waals surface area contributed by atoms with Gasteiger partial charge in [0.2, 0.25) is 5.82 Å². The average molecular weight is 253 g/mol. The first kappa shape index (κ1) is 12.8. The van der Waals surface area contributed by atoms with Crippen molar-refractivity contribution >= 4 is 5.82 Å². The summed E-state index contributed by atoms with van der Waals surface area (Å²) in [5.41, 5.74) is 4.43. The van der Waals surface area contributed by atoms with E-state index < -0.39 is 11.2 Å². The zero-order valence-corrected chi connectivity index (χ0v) is 10.5. The van der Waals surface area contributed by atoms with Gasteiger partial charge >= 0.3 is 5.69 Å². The van der Waals surface area contributed by atoms with Crippen LogP contribution in [0.15, 0.2) is 9.59 Å². The molecule has 7 heteroatoms. The Labute approximate surface area is 104 Å². The van der Waals surface area contributed by atoms with Gasteiger partial charge in [-0.1, -0.05) is 6.92 Å². The number of nitrogens with two attached hydrogens (primary N) is 1. The Morgan fingerprint density at radius 1 is 1.44 bits per heavy atom. The number of anilines is 1. The molecule has 0 bridgehead atoms. The highest BCUT2D eigenvalue weighted by molar-refractivity contribution is 5.34. The van der Waals surface area contributed by atoms with Gasteiger partial charge < -0.3 is 11.1 Å². The van der Waals surface area contributed by atoms with Crippen molar-refractivity contribution in [1.29, 1.82) is 0 Å². The quantitative estimate of drug-likeness (QED) is 0.594. The molecule has 1 aromatic heterocycles. The number of hydrogen-bond donors (Lipinski definition) is 4. The van der Waals surface area contributed by atoms with Crippen molar-refractivity contribution in [3.8, 4) is 0 Å². The topological polar surface area (TPSA) is 117 Å². The van der Waals surface area contributed by atoms with Crippen LogP contribution in [0.3, 0.4) is 0 Å². The lowest BCUT2D eigenvalue weighted by molar-refractivity contribution is 0.271. The summed E-state index contributed by atoms with van der Waals surface area (Å²) in [6, 6.07) is 0. The lowest BCUT2D eigenvalue weighted by Gasteiger charge is -2.39. The fourth-order valence-corrected chi connectivity index (χ4v) is 2.38. The molecule has 1 heterocycles. The molecular formula is C11H19N5O2. The van der Waals surface area contributed by atoms with E-state index in [0.717, 1.165) is 25.7 Å². The Balaban J connectivity index is 2.20. The minimum atomic E-state index is -0.607. The summed E-state index contributed by atoms with van der Waals surface area (Å²) in [6.45, 7) is 2.66. The van der Waals surface area contributed by atoms with E-state index in [1.807, 2.05) is 0 Å². The summed E-state index contributed by atoms with van der Waals surface area (Å²) in [5, 5.41) is 9.06. The van der Waals surface area contributed by atoms with Crippen LogP contribution >= 0.6 is 0 Å². The van der Waals surface area contributed by atoms with E-state index in [1.165, 1.54) is 0 Å². The van der Waals surface area contributed by atoms with Crippen molar-refractivity contribution in [2.45, 2.75) is 38.1 Å². The largest absolute Gasteiger partial charge is 0.357 e. The third-order valence-electron chi connectivity index (χ3n) is 3.72. The number of nitrogens with one attached hydrogen (secondary N) is 3. The predicted octanol–water partition coefficient (Wildman–Crippen LogP) is -0.222. The first-order valence-corrected chi connectivity index (χ1v) is 6.22. The van der Waals surface area contributed by atoms with E-state index in [9.17, 15) is 9.59 Å². The molecule has 18 heavy (non-hydrogen) atoms. The molecule has 0 spiro atoms. The molecule has 1 saturated carbocycles. The van der Waals surface area contributed by atoms with Crippen LogP contribution in [-0.2, 0) is 0 Å². The van der Waals surface area contributed by atoms with Gasteiger partial charge in [-0.2, -0.15) is 0 Å². The van der Waals surface area contributed by atoms with Gasteiger partial charge in [0.1, 0.15) is 0 Å². The van der Waals surface area contributed by atoms with Crippen LogP contribution in [0.2, 0.25) is 0 Å². The lowest BCUT2D eigenvalue weighted by Crippen LogP contribution is -2.49. The summed E-state index contributed by atoms with van der Waals surface area (Å²) in [6.07, 6.45) is 3.97. The SMILES string of the molecule is CC1CCC(CN)(Nc2n[nH]c(=O)[nH]c2=O)CC1. The number of hydrogen-bond acceptors (Lipinski definition) is 5. The molecule has 7 nitrogen and oxygen atoms in total. The zero-order chi connectivity index (χ0) is 13.2. The molecule has 0 aliphatic heterocycles. The molecule has 0 radical (unpaired) electrons. The molecule has 1 aromatic rings. The minimum Gasteiger partial charge on any atom is -0.357 e. The molecule has 0 amide bonds. The van der Waals surface area contributed by atoms with Gasteiger partial charge in [0.05, 0.1) is 5.54 Å². The first-order chi connectivity index (χ1) is 8.54. The Morgan fingerprint density at radius 2 is 2.11 bits per heavy atom. The van der Waals surface area contributed by atoms with Gasteiger partial charge in [-0.15, -0.1) is 5.10 Å². The second-order valence-electron chi connectivity index (χ2n) is 5.15. The van der Waals surface area contributed by atoms with Crippen LogP contribution in [0.5, 0.6) is 0 Å². The van der Waals surface area contributed by atoms with Gasteiger partial charge in [-0.05, 0) is 31.6 Å². The third-order valence-corrected chi connectivity index (χ3v) is 3.72. The molecule has 0 saturated heterocycles. The van der Waals surface area contributed by atoms with Crippen molar-refractivity contribution in [1.82, 2.24) is 15.2 Å². The second kappa shape index (κ2) is 4.93. The normalized spacial score (nSPS) is 28.0. The zero-order valence-electron chi connectivity index (χ0n) is 10.5. The second-order valence-corrected chi connectivity index (χ2v) is 5.15. The van der Waals surface area contributed by atoms with Gasteiger partial charge in [-0.25, -0.2) is 9.89 Å². The molecule has 2 rings (SSSR count). The van der Waals surface area contributed by atoms with E-state index in [1.54, 1.807) is 0 Å². The van der Waals surface area contributed by atoms with Crippen LogP contribution in [0, 0.1) is 5.92 Å². The van der Waals surface area contributed by atoms with Crippen molar-refractivity contribution in [2.75, 3.05) is 11.9 Å². The Hall–Kier alpha value is -1.63. The van der Waals surface area contributed by atoms with E-state index in [2.05, 4.69) is 27.4 Å². The molecule has 1 aliphatic carbocycles. The number of rotatable bonds is 3. The van der Waals surface area contributed by atoms with E-state index >= 15 is 0 Å². The van der Waals surface area contributed by atoms with Crippen molar-refractivity contribution in [3.63, 3.8) is 0 Å². The average Bonchev–Trinajstić information content (AvgIpc) is 2.36. The monoisotopic (exact) mass is 253 g/mol.